The molecular weight excluding hydrogens is 280 g/mol. The van der Waals surface area contributed by atoms with Gasteiger partial charge in [-0.1, -0.05) is 60.1 Å². The molecule has 0 amide bonds. The molecule has 0 atom stereocenters. The Morgan fingerprint density at radius 1 is 1.24 bits per heavy atom. The zero-order valence-electron chi connectivity index (χ0n) is 10.1. The normalized spacial score (nSPS) is 11.8. The highest BCUT2D eigenvalue weighted by atomic mass is 79.9. The van der Waals surface area contributed by atoms with Crippen LogP contribution in [0.2, 0.25) is 0 Å². The smallest absolute Gasteiger partial charge is 0.230 e. The van der Waals surface area contributed by atoms with Crippen LogP contribution in [0, 0.1) is 0 Å². The Morgan fingerprint density at radius 2 is 1.88 bits per heavy atom. The number of anilines is 1. The molecule has 1 heterocycles. The fraction of sp³-hybridized carbons (Fsp3) is 0.308. The number of halogens is 1. The van der Waals surface area contributed by atoms with Gasteiger partial charge in [0, 0.05) is 15.5 Å². The molecule has 0 aliphatic carbocycles. The summed E-state index contributed by atoms with van der Waals surface area (Å²) in [4.78, 5) is 0. The summed E-state index contributed by atoms with van der Waals surface area (Å²) in [5.41, 5.74) is 8.55. The predicted molar refractivity (Wildman–Crippen MR) is 72.8 cm³/mol. The third-order valence-corrected chi connectivity index (χ3v) is 3.26. The van der Waals surface area contributed by atoms with Crippen LogP contribution < -0.4 is 5.73 Å². The predicted octanol–water partition coefficient (Wildman–Crippen LogP) is 3.98. The van der Waals surface area contributed by atoms with Crippen LogP contribution in [0.5, 0.6) is 0 Å². The van der Waals surface area contributed by atoms with Gasteiger partial charge in [-0.15, -0.1) is 0 Å². The minimum atomic E-state index is -0.105. The van der Waals surface area contributed by atoms with E-state index in [9.17, 15) is 0 Å². The first-order valence-corrected chi connectivity index (χ1v) is 6.21. The lowest BCUT2D eigenvalue weighted by atomic mass is 9.87. The van der Waals surface area contributed by atoms with Crippen molar-refractivity contribution in [3.8, 4) is 11.1 Å². The molecule has 0 bridgehead atoms. The van der Waals surface area contributed by atoms with Gasteiger partial charge in [-0.05, 0) is 6.07 Å². The Hall–Kier alpha value is -1.29. The molecule has 2 N–H and O–H groups in total. The van der Waals surface area contributed by atoms with Crippen molar-refractivity contribution in [2.24, 2.45) is 0 Å². The molecule has 2 aromatic rings. The lowest BCUT2D eigenvalue weighted by molar-refractivity contribution is 0.405. The Balaban J connectivity index is 2.68. The maximum absolute atomic E-state index is 5.89. The average molecular weight is 295 g/mol. The lowest BCUT2D eigenvalue weighted by Gasteiger charge is -2.17. The van der Waals surface area contributed by atoms with Crippen LogP contribution in [-0.4, -0.2) is 5.16 Å². The molecule has 0 fully saturated rings. The van der Waals surface area contributed by atoms with Gasteiger partial charge in [0.25, 0.3) is 0 Å². The minimum Gasteiger partial charge on any atom is -0.367 e. The van der Waals surface area contributed by atoms with E-state index >= 15 is 0 Å². The number of nitrogens with two attached hydrogens (primary N) is 1. The largest absolute Gasteiger partial charge is 0.367 e. The fourth-order valence-corrected chi connectivity index (χ4v) is 2.22. The zero-order chi connectivity index (χ0) is 12.6. The van der Waals surface area contributed by atoms with Gasteiger partial charge >= 0.3 is 0 Å². The molecule has 3 nitrogen and oxygen atoms in total. The van der Waals surface area contributed by atoms with Crippen molar-refractivity contribution in [2.45, 2.75) is 26.2 Å². The number of hydrogen-bond donors (Lipinski definition) is 1. The molecular formula is C13H15BrN2O. The first kappa shape index (κ1) is 12.2. The quantitative estimate of drug-likeness (QED) is 0.865. The maximum Gasteiger partial charge on any atom is 0.230 e. The molecule has 17 heavy (non-hydrogen) atoms. The fourth-order valence-electron chi connectivity index (χ4n) is 1.74. The van der Waals surface area contributed by atoms with Gasteiger partial charge in [-0.3, -0.25) is 0 Å². The molecule has 2 rings (SSSR count). The number of rotatable bonds is 1. The van der Waals surface area contributed by atoms with Crippen LogP contribution in [0.4, 0.5) is 5.88 Å². The van der Waals surface area contributed by atoms with Crippen LogP contribution in [0.3, 0.4) is 0 Å². The van der Waals surface area contributed by atoms with Crippen LogP contribution in [-0.2, 0) is 5.41 Å². The standard InChI is InChI=1S/C13H15BrN2O/c1-13(2,3)11-10(12(15)17-16-11)8-6-4-5-7-9(8)14/h4-7H,15H2,1-3H3. The molecule has 4 heteroatoms. The molecule has 0 aliphatic heterocycles. The Kier molecular flexibility index (Phi) is 3.00. The molecule has 0 radical (unpaired) electrons. The highest BCUT2D eigenvalue weighted by Crippen LogP contribution is 2.39. The highest BCUT2D eigenvalue weighted by Gasteiger charge is 2.26. The van der Waals surface area contributed by atoms with E-state index in [-0.39, 0.29) is 5.41 Å². The van der Waals surface area contributed by atoms with Crippen molar-refractivity contribution >= 4 is 21.8 Å². The summed E-state index contributed by atoms with van der Waals surface area (Å²) in [5, 5.41) is 4.08. The first-order valence-electron chi connectivity index (χ1n) is 5.42. The van der Waals surface area contributed by atoms with Crippen molar-refractivity contribution in [1.82, 2.24) is 5.16 Å². The van der Waals surface area contributed by atoms with Crippen LogP contribution in [0.15, 0.2) is 33.3 Å². The summed E-state index contributed by atoms with van der Waals surface area (Å²) in [6.07, 6.45) is 0. The van der Waals surface area contributed by atoms with Crippen LogP contribution in [0.1, 0.15) is 26.5 Å². The van der Waals surface area contributed by atoms with Gasteiger partial charge in [0.15, 0.2) is 0 Å². The van der Waals surface area contributed by atoms with Gasteiger partial charge in [-0.2, -0.15) is 0 Å². The number of hydrogen-bond acceptors (Lipinski definition) is 3. The number of nitrogens with zero attached hydrogens (tertiary/aromatic N) is 1. The second-order valence-electron chi connectivity index (χ2n) is 5.00. The van der Waals surface area contributed by atoms with Crippen molar-refractivity contribution in [1.29, 1.82) is 0 Å². The van der Waals surface area contributed by atoms with E-state index in [0.29, 0.717) is 5.88 Å². The van der Waals surface area contributed by atoms with Gasteiger partial charge in [0.1, 0.15) is 0 Å². The molecule has 1 aromatic carbocycles. The van der Waals surface area contributed by atoms with E-state index in [1.807, 2.05) is 24.3 Å². The van der Waals surface area contributed by atoms with Gasteiger partial charge < -0.3 is 10.3 Å². The van der Waals surface area contributed by atoms with E-state index in [2.05, 4.69) is 41.9 Å². The summed E-state index contributed by atoms with van der Waals surface area (Å²) < 4.78 is 6.12. The summed E-state index contributed by atoms with van der Waals surface area (Å²) in [6.45, 7) is 6.26. The van der Waals surface area contributed by atoms with E-state index in [4.69, 9.17) is 10.3 Å². The zero-order valence-corrected chi connectivity index (χ0v) is 11.7. The minimum absolute atomic E-state index is 0.105. The molecule has 0 aliphatic rings. The Bertz CT molecular complexity index is 541. The van der Waals surface area contributed by atoms with E-state index in [0.717, 1.165) is 21.3 Å². The van der Waals surface area contributed by atoms with Gasteiger partial charge in [0.2, 0.25) is 5.88 Å². The SMILES string of the molecule is CC(C)(C)c1noc(N)c1-c1ccccc1Br. The second-order valence-corrected chi connectivity index (χ2v) is 5.85. The van der Waals surface area contributed by atoms with Crippen molar-refractivity contribution in [3.05, 3.63) is 34.4 Å². The first-order chi connectivity index (χ1) is 7.91. The summed E-state index contributed by atoms with van der Waals surface area (Å²) in [7, 11) is 0. The molecule has 0 saturated heterocycles. The number of nitrogen functional groups attached to an aromatic ring is 1. The van der Waals surface area contributed by atoms with Crippen molar-refractivity contribution < 1.29 is 4.52 Å². The van der Waals surface area contributed by atoms with Crippen LogP contribution in [0.25, 0.3) is 11.1 Å². The van der Waals surface area contributed by atoms with Crippen molar-refractivity contribution in [3.63, 3.8) is 0 Å². The molecule has 1 aromatic heterocycles. The molecule has 0 unspecified atom stereocenters. The summed E-state index contributed by atoms with van der Waals surface area (Å²) in [5.74, 6) is 0.363. The van der Waals surface area contributed by atoms with E-state index in [1.54, 1.807) is 0 Å². The van der Waals surface area contributed by atoms with Gasteiger partial charge in [-0.25, -0.2) is 0 Å². The van der Waals surface area contributed by atoms with E-state index in [1.165, 1.54) is 0 Å². The Labute approximate surface area is 109 Å². The maximum atomic E-state index is 5.89. The van der Waals surface area contributed by atoms with E-state index < -0.39 is 0 Å². The third kappa shape index (κ3) is 2.22. The van der Waals surface area contributed by atoms with Gasteiger partial charge in [0.05, 0.1) is 11.3 Å². The third-order valence-electron chi connectivity index (χ3n) is 2.57. The molecule has 0 saturated carbocycles. The average Bonchev–Trinajstić information content (AvgIpc) is 2.60. The monoisotopic (exact) mass is 294 g/mol. The lowest BCUT2D eigenvalue weighted by Crippen LogP contribution is -2.13. The Morgan fingerprint density at radius 3 is 2.47 bits per heavy atom. The second kappa shape index (κ2) is 4.18. The molecule has 90 valence electrons. The summed E-state index contributed by atoms with van der Waals surface area (Å²) in [6, 6.07) is 7.92. The number of aromatic nitrogens is 1. The molecule has 0 spiro atoms. The van der Waals surface area contributed by atoms with Crippen LogP contribution >= 0.6 is 15.9 Å². The van der Waals surface area contributed by atoms with Crippen molar-refractivity contribution in [2.75, 3.05) is 5.73 Å². The summed E-state index contributed by atoms with van der Waals surface area (Å²) >= 11 is 3.53. The number of benzene rings is 1. The highest BCUT2D eigenvalue weighted by molar-refractivity contribution is 9.10. The topological polar surface area (TPSA) is 52.0 Å².